The van der Waals surface area contributed by atoms with Crippen molar-refractivity contribution >= 4 is 23.1 Å². The second-order valence-corrected chi connectivity index (χ2v) is 6.97. The summed E-state index contributed by atoms with van der Waals surface area (Å²) in [6.07, 6.45) is 1.83. The molecule has 2 heterocycles. The Kier molecular flexibility index (Phi) is 4.59. The fourth-order valence-electron chi connectivity index (χ4n) is 1.85. The molecule has 104 valence electrons. The Morgan fingerprint density at radius 2 is 2.11 bits per heavy atom. The van der Waals surface area contributed by atoms with Crippen LogP contribution in [0.5, 0.6) is 0 Å². The molecule has 0 aliphatic carbocycles. The summed E-state index contributed by atoms with van der Waals surface area (Å²) < 4.78 is 2.86. The summed E-state index contributed by atoms with van der Waals surface area (Å²) in [5.41, 5.74) is 8.36. The first-order valence-electron chi connectivity index (χ1n) is 6.27. The van der Waals surface area contributed by atoms with Crippen LogP contribution in [0.15, 0.2) is 9.37 Å². The van der Waals surface area contributed by atoms with Crippen molar-refractivity contribution < 1.29 is 0 Å². The minimum absolute atomic E-state index is 0.179. The first-order chi connectivity index (χ1) is 9.01. The van der Waals surface area contributed by atoms with Crippen LogP contribution in [0.4, 0.5) is 0 Å². The summed E-state index contributed by atoms with van der Waals surface area (Å²) in [7, 11) is 1.96. The van der Waals surface area contributed by atoms with Gasteiger partial charge >= 0.3 is 0 Å². The van der Waals surface area contributed by atoms with Crippen molar-refractivity contribution in [1.82, 2.24) is 20.0 Å². The molecule has 2 aromatic heterocycles. The Labute approximate surface area is 121 Å². The predicted octanol–water partition coefficient (Wildman–Crippen LogP) is 2.32. The van der Waals surface area contributed by atoms with Crippen LogP contribution in [-0.4, -0.2) is 26.0 Å². The number of aromatic nitrogens is 4. The van der Waals surface area contributed by atoms with E-state index in [4.69, 9.17) is 5.73 Å². The Balaban J connectivity index is 2.28. The van der Waals surface area contributed by atoms with Crippen LogP contribution in [0, 0.1) is 13.8 Å². The molecule has 0 amide bonds. The van der Waals surface area contributed by atoms with Crippen molar-refractivity contribution in [3.05, 3.63) is 16.3 Å². The highest BCUT2D eigenvalue weighted by Crippen LogP contribution is 2.33. The average Bonchev–Trinajstić information content (AvgIpc) is 2.88. The lowest BCUT2D eigenvalue weighted by Gasteiger charge is -2.09. The van der Waals surface area contributed by atoms with Gasteiger partial charge in [-0.2, -0.15) is 5.10 Å². The third kappa shape index (κ3) is 3.34. The number of nitrogens with two attached hydrogens (primary N) is 1. The summed E-state index contributed by atoms with van der Waals surface area (Å²) >= 11 is 3.23. The summed E-state index contributed by atoms with van der Waals surface area (Å²) in [6, 6.07) is 0.179. The molecular weight excluding hydrogens is 278 g/mol. The van der Waals surface area contributed by atoms with Gasteiger partial charge < -0.3 is 5.73 Å². The van der Waals surface area contributed by atoms with Crippen LogP contribution in [0.3, 0.4) is 0 Å². The molecule has 7 heteroatoms. The van der Waals surface area contributed by atoms with Gasteiger partial charge in [-0.15, -0.1) is 10.2 Å². The Bertz CT molecular complexity index is 560. The molecule has 0 aromatic carbocycles. The first kappa shape index (κ1) is 14.5. The molecule has 0 radical (unpaired) electrons. The molecule has 0 fully saturated rings. The van der Waals surface area contributed by atoms with Crippen LogP contribution in [0.25, 0.3) is 0 Å². The molecule has 19 heavy (non-hydrogen) atoms. The molecule has 2 N–H and O–H groups in total. The van der Waals surface area contributed by atoms with Crippen molar-refractivity contribution in [2.45, 2.75) is 49.0 Å². The van der Waals surface area contributed by atoms with E-state index in [0.29, 0.717) is 0 Å². The van der Waals surface area contributed by atoms with Gasteiger partial charge in [-0.1, -0.05) is 18.3 Å². The maximum atomic E-state index is 6.08. The van der Waals surface area contributed by atoms with Crippen molar-refractivity contribution in [2.24, 2.45) is 12.8 Å². The number of rotatable bonds is 5. The van der Waals surface area contributed by atoms with Crippen LogP contribution in [-0.2, 0) is 13.5 Å². The van der Waals surface area contributed by atoms with Gasteiger partial charge in [-0.3, -0.25) is 4.68 Å². The summed E-state index contributed by atoms with van der Waals surface area (Å²) in [5, 5.41) is 14.8. The van der Waals surface area contributed by atoms with E-state index in [2.05, 4.69) is 22.2 Å². The lowest BCUT2D eigenvalue weighted by molar-refractivity contribution is 0.631. The van der Waals surface area contributed by atoms with Crippen LogP contribution in [0.2, 0.25) is 0 Å². The summed E-state index contributed by atoms with van der Waals surface area (Å²) in [6.45, 7) is 6.11. The van der Waals surface area contributed by atoms with Crippen LogP contribution >= 0.6 is 23.1 Å². The fraction of sp³-hybridized carbons (Fsp3) is 0.583. The van der Waals surface area contributed by atoms with Gasteiger partial charge in [-0.25, -0.2) is 0 Å². The summed E-state index contributed by atoms with van der Waals surface area (Å²) in [4.78, 5) is 0. The van der Waals surface area contributed by atoms with Crippen molar-refractivity contribution in [3.8, 4) is 0 Å². The fourth-order valence-corrected chi connectivity index (χ4v) is 3.81. The van der Waals surface area contributed by atoms with E-state index in [0.717, 1.165) is 32.9 Å². The second kappa shape index (κ2) is 6.02. The lowest BCUT2D eigenvalue weighted by Crippen LogP contribution is -2.21. The van der Waals surface area contributed by atoms with E-state index in [1.54, 1.807) is 23.1 Å². The maximum absolute atomic E-state index is 6.08. The molecular formula is C12H19N5S2. The molecule has 0 aliphatic rings. The Morgan fingerprint density at radius 1 is 1.37 bits per heavy atom. The second-order valence-electron chi connectivity index (χ2n) is 4.55. The maximum Gasteiger partial charge on any atom is 0.180 e. The van der Waals surface area contributed by atoms with Gasteiger partial charge in [0.1, 0.15) is 10.0 Å². The minimum atomic E-state index is 0.179. The zero-order valence-corrected chi connectivity index (χ0v) is 13.3. The normalized spacial score (nSPS) is 12.9. The molecule has 0 spiro atoms. The van der Waals surface area contributed by atoms with Gasteiger partial charge in [0, 0.05) is 18.7 Å². The van der Waals surface area contributed by atoms with Gasteiger partial charge in [0.15, 0.2) is 4.34 Å². The molecule has 5 nitrogen and oxygen atoms in total. The van der Waals surface area contributed by atoms with Crippen molar-refractivity contribution in [3.63, 3.8) is 0 Å². The van der Waals surface area contributed by atoms with E-state index in [9.17, 15) is 0 Å². The monoisotopic (exact) mass is 297 g/mol. The molecule has 0 bridgehead atoms. The SMILES string of the molecule is CCC(N)Cc1c(C)nn(C)c1Sc1nnc(C)s1. The smallest absolute Gasteiger partial charge is 0.180 e. The number of hydrogen-bond acceptors (Lipinski definition) is 6. The van der Waals surface area contributed by atoms with Gasteiger partial charge in [-0.05, 0) is 38.5 Å². The van der Waals surface area contributed by atoms with E-state index in [-0.39, 0.29) is 6.04 Å². The van der Waals surface area contributed by atoms with E-state index < -0.39 is 0 Å². The highest BCUT2D eigenvalue weighted by molar-refractivity contribution is 8.01. The first-order valence-corrected chi connectivity index (χ1v) is 7.90. The zero-order valence-electron chi connectivity index (χ0n) is 11.7. The quantitative estimate of drug-likeness (QED) is 0.917. The number of hydrogen-bond donors (Lipinski definition) is 1. The van der Waals surface area contributed by atoms with Crippen molar-refractivity contribution in [2.75, 3.05) is 0 Å². The molecule has 2 rings (SSSR count). The Hall–Kier alpha value is -0.920. The molecule has 0 aliphatic heterocycles. The molecule has 1 atom stereocenters. The molecule has 1 unspecified atom stereocenters. The highest BCUT2D eigenvalue weighted by Gasteiger charge is 2.18. The van der Waals surface area contributed by atoms with E-state index in [1.165, 1.54) is 5.56 Å². The zero-order chi connectivity index (χ0) is 14.0. The van der Waals surface area contributed by atoms with E-state index in [1.807, 2.05) is 25.6 Å². The average molecular weight is 297 g/mol. The molecule has 0 saturated heterocycles. The topological polar surface area (TPSA) is 69.6 Å². The van der Waals surface area contributed by atoms with Gasteiger partial charge in [0.25, 0.3) is 0 Å². The highest BCUT2D eigenvalue weighted by atomic mass is 32.2. The summed E-state index contributed by atoms with van der Waals surface area (Å²) in [5.74, 6) is 0. The van der Waals surface area contributed by atoms with E-state index >= 15 is 0 Å². The Morgan fingerprint density at radius 3 is 2.68 bits per heavy atom. The third-order valence-electron chi connectivity index (χ3n) is 2.97. The third-order valence-corrected chi connectivity index (χ3v) is 5.06. The lowest BCUT2D eigenvalue weighted by atomic mass is 10.1. The minimum Gasteiger partial charge on any atom is -0.327 e. The van der Waals surface area contributed by atoms with Gasteiger partial charge in [0.05, 0.1) is 5.69 Å². The number of aryl methyl sites for hydroxylation is 3. The predicted molar refractivity (Wildman–Crippen MR) is 78.7 cm³/mol. The van der Waals surface area contributed by atoms with Crippen LogP contribution in [0.1, 0.15) is 29.6 Å². The molecule has 0 saturated carbocycles. The van der Waals surface area contributed by atoms with Crippen molar-refractivity contribution in [1.29, 1.82) is 0 Å². The van der Waals surface area contributed by atoms with Crippen LogP contribution < -0.4 is 5.73 Å². The molecule has 2 aromatic rings. The van der Waals surface area contributed by atoms with Gasteiger partial charge in [0.2, 0.25) is 0 Å². The standard InChI is InChI=1S/C12H19N5S2/c1-5-9(13)6-10-7(2)16-17(4)11(10)19-12-15-14-8(3)18-12/h9H,5-6,13H2,1-4H3. The largest absolute Gasteiger partial charge is 0.327 e. The number of nitrogens with zero attached hydrogens (tertiary/aromatic N) is 4.